The van der Waals surface area contributed by atoms with Gasteiger partial charge in [0.1, 0.15) is 0 Å². The Morgan fingerprint density at radius 2 is 1.93 bits per heavy atom. The van der Waals surface area contributed by atoms with Crippen molar-refractivity contribution in [2.45, 2.75) is 12.5 Å². The van der Waals surface area contributed by atoms with Gasteiger partial charge >= 0.3 is 0 Å². The molecule has 0 aliphatic rings. The molecule has 0 radical (unpaired) electrons. The predicted octanol–water partition coefficient (Wildman–Crippen LogP) is 3.03. The van der Waals surface area contributed by atoms with E-state index in [1.807, 2.05) is 0 Å². The van der Waals surface area contributed by atoms with Crippen molar-refractivity contribution in [3.8, 4) is 0 Å². The highest BCUT2D eigenvalue weighted by molar-refractivity contribution is 6.43. The Morgan fingerprint density at radius 1 is 1.29 bits per heavy atom. The van der Waals surface area contributed by atoms with E-state index in [4.69, 9.17) is 45.6 Å². The van der Waals surface area contributed by atoms with Crippen LogP contribution in [0, 0.1) is 0 Å². The maximum atomic E-state index is 8.74. The number of halogens is 3. The molecular weight excluding hydrogens is 244 g/mol. The van der Waals surface area contributed by atoms with Crippen molar-refractivity contribution in [2.75, 3.05) is 6.61 Å². The van der Waals surface area contributed by atoms with Gasteiger partial charge in [-0.05, 0) is 24.1 Å². The topological polar surface area (TPSA) is 46.2 Å². The molecule has 0 spiro atoms. The van der Waals surface area contributed by atoms with Crippen LogP contribution in [0.4, 0.5) is 0 Å². The van der Waals surface area contributed by atoms with Crippen molar-refractivity contribution >= 4 is 34.8 Å². The van der Waals surface area contributed by atoms with Gasteiger partial charge in [0.05, 0.1) is 10.0 Å². The van der Waals surface area contributed by atoms with E-state index in [-0.39, 0.29) is 12.6 Å². The fourth-order valence-corrected chi connectivity index (χ4v) is 1.90. The molecule has 0 heterocycles. The summed E-state index contributed by atoms with van der Waals surface area (Å²) < 4.78 is 0. The van der Waals surface area contributed by atoms with Crippen LogP contribution in [0.15, 0.2) is 12.1 Å². The van der Waals surface area contributed by atoms with Crippen LogP contribution in [0.25, 0.3) is 0 Å². The molecule has 0 bridgehead atoms. The lowest BCUT2D eigenvalue weighted by molar-refractivity contribution is 0.276. The van der Waals surface area contributed by atoms with Gasteiger partial charge in [-0.2, -0.15) is 0 Å². The minimum atomic E-state index is -0.344. The molecule has 0 amide bonds. The van der Waals surface area contributed by atoms with Crippen molar-refractivity contribution in [2.24, 2.45) is 5.73 Å². The van der Waals surface area contributed by atoms with Gasteiger partial charge in [-0.3, -0.25) is 0 Å². The molecule has 0 saturated carbocycles. The highest BCUT2D eigenvalue weighted by atomic mass is 35.5. The zero-order chi connectivity index (χ0) is 10.7. The van der Waals surface area contributed by atoms with E-state index in [9.17, 15) is 0 Å². The fourth-order valence-electron chi connectivity index (χ4n) is 1.14. The van der Waals surface area contributed by atoms with E-state index < -0.39 is 0 Å². The maximum Gasteiger partial charge on any atom is 0.0641 e. The molecule has 1 aromatic rings. The first-order chi connectivity index (χ1) is 6.56. The van der Waals surface area contributed by atoms with Gasteiger partial charge in [0.25, 0.3) is 0 Å². The van der Waals surface area contributed by atoms with Crippen LogP contribution < -0.4 is 5.73 Å². The van der Waals surface area contributed by atoms with E-state index in [0.717, 1.165) is 0 Å². The van der Waals surface area contributed by atoms with Gasteiger partial charge in [-0.1, -0.05) is 34.8 Å². The zero-order valence-electron chi connectivity index (χ0n) is 7.30. The van der Waals surface area contributed by atoms with Crippen molar-refractivity contribution in [3.63, 3.8) is 0 Å². The molecule has 0 aromatic heterocycles. The Bertz CT molecular complexity index is 330. The third-order valence-electron chi connectivity index (χ3n) is 1.86. The largest absolute Gasteiger partial charge is 0.396 e. The van der Waals surface area contributed by atoms with Crippen LogP contribution >= 0.6 is 34.8 Å². The zero-order valence-corrected chi connectivity index (χ0v) is 9.57. The first-order valence-electron chi connectivity index (χ1n) is 4.07. The van der Waals surface area contributed by atoms with Crippen LogP contribution in [0.3, 0.4) is 0 Å². The van der Waals surface area contributed by atoms with E-state index >= 15 is 0 Å². The second-order valence-corrected chi connectivity index (χ2v) is 4.13. The Labute approximate surface area is 97.6 Å². The second-order valence-electron chi connectivity index (χ2n) is 2.91. The molecule has 1 rings (SSSR count). The summed E-state index contributed by atoms with van der Waals surface area (Å²) in [5.74, 6) is 0. The summed E-state index contributed by atoms with van der Waals surface area (Å²) >= 11 is 17.6. The van der Waals surface area contributed by atoms with Crippen molar-refractivity contribution in [3.05, 3.63) is 32.8 Å². The molecule has 1 atom stereocenters. The van der Waals surface area contributed by atoms with Gasteiger partial charge in [-0.25, -0.2) is 0 Å². The van der Waals surface area contributed by atoms with Crippen LogP contribution in [-0.4, -0.2) is 11.7 Å². The standard InChI is InChI=1S/C9H10Cl3NO/c10-5-3-6(8(13)1-2-14)9(12)7(11)4-5/h3-4,8,14H,1-2,13H2. The molecule has 1 unspecified atom stereocenters. The Balaban J connectivity index is 3.07. The highest BCUT2D eigenvalue weighted by Crippen LogP contribution is 2.33. The van der Waals surface area contributed by atoms with Crippen LogP contribution in [0.1, 0.15) is 18.0 Å². The molecule has 1 aromatic carbocycles. The Morgan fingerprint density at radius 3 is 2.50 bits per heavy atom. The monoisotopic (exact) mass is 253 g/mol. The summed E-state index contributed by atoms with van der Waals surface area (Å²) in [7, 11) is 0. The first kappa shape index (κ1) is 12.1. The van der Waals surface area contributed by atoms with Crippen molar-refractivity contribution < 1.29 is 5.11 Å². The minimum absolute atomic E-state index is 0.00162. The van der Waals surface area contributed by atoms with Crippen molar-refractivity contribution in [1.82, 2.24) is 0 Å². The number of hydrogen-bond donors (Lipinski definition) is 2. The lowest BCUT2D eigenvalue weighted by Crippen LogP contribution is -2.12. The van der Waals surface area contributed by atoms with Gasteiger partial charge in [0, 0.05) is 17.7 Å². The number of rotatable bonds is 3. The SMILES string of the molecule is NC(CCO)c1cc(Cl)cc(Cl)c1Cl. The van der Waals surface area contributed by atoms with Gasteiger partial charge in [0.2, 0.25) is 0 Å². The summed E-state index contributed by atoms with van der Waals surface area (Å²) in [5.41, 5.74) is 6.45. The van der Waals surface area contributed by atoms with Crippen LogP contribution in [0.2, 0.25) is 15.1 Å². The lowest BCUT2D eigenvalue weighted by Gasteiger charge is -2.13. The Kier molecular flexibility index (Phi) is 4.48. The van der Waals surface area contributed by atoms with Gasteiger partial charge in [0.15, 0.2) is 0 Å². The molecular formula is C9H10Cl3NO. The minimum Gasteiger partial charge on any atom is -0.396 e. The van der Waals surface area contributed by atoms with Crippen LogP contribution in [0.5, 0.6) is 0 Å². The second kappa shape index (κ2) is 5.19. The fraction of sp³-hybridized carbons (Fsp3) is 0.333. The number of benzene rings is 1. The molecule has 0 aliphatic heterocycles. The van der Waals surface area contributed by atoms with E-state index in [1.165, 1.54) is 0 Å². The molecule has 78 valence electrons. The summed E-state index contributed by atoms with van der Waals surface area (Å²) in [4.78, 5) is 0. The molecule has 2 nitrogen and oxygen atoms in total. The summed E-state index contributed by atoms with van der Waals surface area (Å²) in [6.45, 7) is 0.00162. The van der Waals surface area contributed by atoms with E-state index in [0.29, 0.717) is 27.1 Å². The maximum absolute atomic E-state index is 8.74. The normalized spacial score (nSPS) is 12.9. The average Bonchev–Trinajstić information content (AvgIpc) is 2.11. The summed E-state index contributed by atoms with van der Waals surface area (Å²) in [6.07, 6.45) is 0.427. The highest BCUT2D eigenvalue weighted by Gasteiger charge is 2.13. The Hall–Kier alpha value is 0.01000. The van der Waals surface area contributed by atoms with Crippen molar-refractivity contribution in [1.29, 1.82) is 0 Å². The van der Waals surface area contributed by atoms with Gasteiger partial charge < -0.3 is 10.8 Å². The predicted molar refractivity (Wildman–Crippen MR) is 60.1 cm³/mol. The summed E-state index contributed by atoms with van der Waals surface area (Å²) in [5, 5.41) is 10.0. The lowest BCUT2D eigenvalue weighted by atomic mass is 10.1. The molecule has 0 saturated heterocycles. The third-order valence-corrected chi connectivity index (χ3v) is 2.90. The molecule has 0 fully saturated rings. The smallest absolute Gasteiger partial charge is 0.0641 e. The number of nitrogens with two attached hydrogens (primary N) is 1. The third kappa shape index (κ3) is 2.75. The molecule has 0 aliphatic carbocycles. The van der Waals surface area contributed by atoms with E-state index in [2.05, 4.69) is 0 Å². The van der Waals surface area contributed by atoms with E-state index in [1.54, 1.807) is 12.1 Å². The summed E-state index contributed by atoms with van der Waals surface area (Å²) in [6, 6.07) is 2.88. The number of aliphatic hydroxyl groups is 1. The first-order valence-corrected chi connectivity index (χ1v) is 5.20. The van der Waals surface area contributed by atoms with Gasteiger partial charge in [-0.15, -0.1) is 0 Å². The molecule has 5 heteroatoms. The molecule has 14 heavy (non-hydrogen) atoms. The van der Waals surface area contributed by atoms with Crippen LogP contribution in [-0.2, 0) is 0 Å². The average molecular weight is 255 g/mol. The molecule has 3 N–H and O–H groups in total. The quantitative estimate of drug-likeness (QED) is 0.815. The number of aliphatic hydroxyl groups excluding tert-OH is 1. The number of hydrogen-bond acceptors (Lipinski definition) is 2.